The molecule has 0 saturated carbocycles. The van der Waals surface area contributed by atoms with Gasteiger partial charge in [-0.1, -0.05) is 11.6 Å². The standard InChI is InChI=1S/C7H8ClFOS/c1-7(9,4-10)5-2-3-6(8)11-5/h2-3,10H,4H2,1H3. The van der Waals surface area contributed by atoms with Crippen molar-refractivity contribution in [1.82, 2.24) is 0 Å². The Morgan fingerprint density at radius 3 is 2.73 bits per heavy atom. The molecule has 1 aromatic heterocycles. The Morgan fingerprint density at radius 1 is 1.73 bits per heavy atom. The van der Waals surface area contributed by atoms with E-state index < -0.39 is 12.3 Å². The summed E-state index contributed by atoms with van der Waals surface area (Å²) in [6.07, 6.45) is 0. The number of thiophene rings is 1. The van der Waals surface area contributed by atoms with Crippen LogP contribution < -0.4 is 0 Å². The van der Waals surface area contributed by atoms with Crippen LogP contribution in [0.5, 0.6) is 0 Å². The molecule has 0 aromatic carbocycles. The lowest BCUT2D eigenvalue weighted by Gasteiger charge is -2.13. The van der Waals surface area contributed by atoms with Crippen LogP contribution >= 0.6 is 22.9 Å². The van der Waals surface area contributed by atoms with Gasteiger partial charge in [0.1, 0.15) is 0 Å². The van der Waals surface area contributed by atoms with E-state index in [0.717, 1.165) is 11.3 Å². The first kappa shape index (κ1) is 8.97. The Balaban J connectivity index is 2.92. The maximum absolute atomic E-state index is 13.3. The molecule has 1 unspecified atom stereocenters. The zero-order chi connectivity index (χ0) is 8.48. The molecule has 0 aliphatic rings. The molecule has 11 heavy (non-hydrogen) atoms. The SMILES string of the molecule is CC(F)(CO)c1ccc(Cl)s1. The van der Waals surface area contributed by atoms with Gasteiger partial charge in [-0.15, -0.1) is 11.3 Å². The van der Waals surface area contributed by atoms with Gasteiger partial charge in [-0.3, -0.25) is 0 Å². The van der Waals surface area contributed by atoms with E-state index in [1.54, 1.807) is 12.1 Å². The predicted octanol–water partition coefficient (Wildman–Crippen LogP) is 2.58. The monoisotopic (exact) mass is 194 g/mol. The number of hydrogen-bond donors (Lipinski definition) is 1. The van der Waals surface area contributed by atoms with Crippen LogP contribution in [-0.2, 0) is 5.67 Å². The summed E-state index contributed by atoms with van der Waals surface area (Å²) in [5, 5.41) is 8.65. The highest BCUT2D eigenvalue weighted by Gasteiger charge is 2.26. The molecule has 0 aliphatic heterocycles. The molecule has 0 aliphatic carbocycles. The van der Waals surface area contributed by atoms with Crippen molar-refractivity contribution in [3.63, 3.8) is 0 Å². The molecule has 0 bridgehead atoms. The quantitative estimate of drug-likeness (QED) is 0.768. The van der Waals surface area contributed by atoms with Crippen LogP contribution in [0.1, 0.15) is 11.8 Å². The summed E-state index contributed by atoms with van der Waals surface area (Å²) in [7, 11) is 0. The topological polar surface area (TPSA) is 20.2 Å². The number of hydrogen-bond acceptors (Lipinski definition) is 2. The molecule has 62 valence electrons. The fraction of sp³-hybridized carbons (Fsp3) is 0.429. The van der Waals surface area contributed by atoms with Crippen molar-refractivity contribution in [3.05, 3.63) is 21.3 Å². The van der Waals surface area contributed by atoms with E-state index in [2.05, 4.69) is 0 Å². The number of halogens is 2. The van der Waals surface area contributed by atoms with Crippen LogP contribution in [0.2, 0.25) is 4.34 Å². The molecule has 1 atom stereocenters. The Labute approximate surface area is 73.4 Å². The number of alkyl halides is 1. The Bertz CT molecular complexity index is 246. The number of aliphatic hydroxyl groups excluding tert-OH is 1. The molecular weight excluding hydrogens is 187 g/mol. The van der Waals surface area contributed by atoms with Crippen molar-refractivity contribution in [2.75, 3.05) is 6.61 Å². The maximum Gasteiger partial charge on any atom is 0.165 e. The highest BCUT2D eigenvalue weighted by Crippen LogP contribution is 2.33. The van der Waals surface area contributed by atoms with Crippen molar-refractivity contribution in [2.45, 2.75) is 12.6 Å². The van der Waals surface area contributed by atoms with Crippen LogP contribution in [0, 0.1) is 0 Å². The summed E-state index contributed by atoms with van der Waals surface area (Å²) in [6.45, 7) is 0.818. The highest BCUT2D eigenvalue weighted by atomic mass is 35.5. The average molecular weight is 195 g/mol. The molecule has 1 heterocycles. The summed E-state index contributed by atoms with van der Waals surface area (Å²) in [5.74, 6) is 0. The minimum atomic E-state index is -1.65. The van der Waals surface area contributed by atoms with Crippen molar-refractivity contribution in [1.29, 1.82) is 0 Å². The second-order valence-electron chi connectivity index (χ2n) is 2.46. The number of rotatable bonds is 2. The molecule has 1 nitrogen and oxygen atoms in total. The highest BCUT2D eigenvalue weighted by molar-refractivity contribution is 7.16. The van der Waals surface area contributed by atoms with Crippen molar-refractivity contribution >= 4 is 22.9 Å². The van der Waals surface area contributed by atoms with Gasteiger partial charge in [0.05, 0.1) is 10.9 Å². The van der Waals surface area contributed by atoms with Crippen molar-refractivity contribution in [3.8, 4) is 0 Å². The Kier molecular flexibility index (Phi) is 2.52. The molecule has 0 saturated heterocycles. The fourth-order valence-electron chi connectivity index (χ4n) is 0.672. The summed E-state index contributed by atoms with van der Waals surface area (Å²) in [5.41, 5.74) is -1.65. The van der Waals surface area contributed by atoms with E-state index in [1.165, 1.54) is 6.92 Å². The molecule has 0 amide bonds. The summed E-state index contributed by atoms with van der Waals surface area (Å²) >= 11 is 6.74. The van der Waals surface area contributed by atoms with Gasteiger partial charge >= 0.3 is 0 Å². The van der Waals surface area contributed by atoms with Gasteiger partial charge in [-0.05, 0) is 19.1 Å². The van der Waals surface area contributed by atoms with Gasteiger partial charge in [0.2, 0.25) is 0 Å². The molecule has 0 radical (unpaired) electrons. The van der Waals surface area contributed by atoms with E-state index in [1.807, 2.05) is 0 Å². The average Bonchev–Trinajstić information content (AvgIpc) is 2.36. The minimum absolute atomic E-state index is 0.463. The van der Waals surface area contributed by atoms with Gasteiger partial charge in [0.25, 0.3) is 0 Å². The molecule has 0 fully saturated rings. The lowest BCUT2D eigenvalue weighted by molar-refractivity contribution is 0.0901. The smallest absolute Gasteiger partial charge is 0.165 e. The normalized spacial score (nSPS) is 16.4. The van der Waals surface area contributed by atoms with E-state index in [-0.39, 0.29) is 0 Å². The molecule has 1 N–H and O–H groups in total. The first-order valence-corrected chi connectivity index (χ1v) is 4.31. The lowest BCUT2D eigenvalue weighted by atomic mass is 10.1. The molecule has 1 rings (SSSR count). The maximum atomic E-state index is 13.3. The van der Waals surface area contributed by atoms with Crippen molar-refractivity contribution < 1.29 is 9.50 Å². The van der Waals surface area contributed by atoms with E-state index >= 15 is 0 Å². The van der Waals surface area contributed by atoms with Gasteiger partial charge in [0, 0.05) is 4.88 Å². The van der Waals surface area contributed by atoms with Gasteiger partial charge in [0.15, 0.2) is 5.67 Å². The van der Waals surface area contributed by atoms with Crippen LogP contribution in [0.3, 0.4) is 0 Å². The molecule has 4 heteroatoms. The zero-order valence-electron chi connectivity index (χ0n) is 5.97. The second kappa shape index (κ2) is 3.09. The first-order chi connectivity index (χ1) is 5.06. The van der Waals surface area contributed by atoms with E-state index in [4.69, 9.17) is 16.7 Å². The predicted molar refractivity (Wildman–Crippen MR) is 44.9 cm³/mol. The van der Waals surface area contributed by atoms with E-state index in [9.17, 15) is 4.39 Å². The molecule has 0 spiro atoms. The Morgan fingerprint density at radius 2 is 2.36 bits per heavy atom. The minimum Gasteiger partial charge on any atom is -0.393 e. The second-order valence-corrected chi connectivity index (χ2v) is 4.17. The van der Waals surface area contributed by atoms with Crippen LogP contribution in [0.4, 0.5) is 4.39 Å². The fourth-order valence-corrected chi connectivity index (χ4v) is 1.74. The Hall–Kier alpha value is -0.120. The van der Waals surface area contributed by atoms with Gasteiger partial charge < -0.3 is 5.11 Å². The summed E-state index contributed by atoms with van der Waals surface area (Å²) in [6, 6.07) is 3.21. The van der Waals surface area contributed by atoms with Crippen LogP contribution in [0.25, 0.3) is 0 Å². The third-order valence-corrected chi connectivity index (χ3v) is 2.85. The molecule has 1 aromatic rings. The first-order valence-electron chi connectivity index (χ1n) is 3.12. The lowest BCUT2D eigenvalue weighted by Crippen LogP contribution is -2.18. The molecular formula is C7H8ClFOS. The summed E-state index contributed by atoms with van der Waals surface area (Å²) < 4.78 is 13.8. The van der Waals surface area contributed by atoms with Gasteiger partial charge in [-0.25, -0.2) is 4.39 Å². The van der Waals surface area contributed by atoms with Crippen LogP contribution in [-0.4, -0.2) is 11.7 Å². The van der Waals surface area contributed by atoms with Gasteiger partial charge in [-0.2, -0.15) is 0 Å². The number of aliphatic hydroxyl groups is 1. The van der Waals surface area contributed by atoms with Crippen molar-refractivity contribution in [2.24, 2.45) is 0 Å². The zero-order valence-corrected chi connectivity index (χ0v) is 7.55. The van der Waals surface area contributed by atoms with E-state index in [0.29, 0.717) is 9.21 Å². The third-order valence-electron chi connectivity index (χ3n) is 1.38. The third kappa shape index (κ3) is 1.92. The van der Waals surface area contributed by atoms with Crippen LogP contribution in [0.15, 0.2) is 12.1 Å². The largest absolute Gasteiger partial charge is 0.393 e. The summed E-state index contributed by atoms with van der Waals surface area (Å²) in [4.78, 5) is 0.463.